The molecule has 6 amide bonds. The van der Waals surface area contributed by atoms with Gasteiger partial charge in [0.05, 0.1) is 74.6 Å². The lowest BCUT2D eigenvalue weighted by Crippen LogP contribution is -2.53. The maximum atomic E-state index is 14.7. The molecule has 31 nitrogen and oxygen atoms in total. The number of carboxylic acids is 2. The van der Waals surface area contributed by atoms with Gasteiger partial charge in [0.1, 0.15) is 29.0 Å². The van der Waals surface area contributed by atoms with Gasteiger partial charge in [-0.15, -0.1) is 11.8 Å². The van der Waals surface area contributed by atoms with E-state index in [1.807, 2.05) is 0 Å². The summed E-state index contributed by atoms with van der Waals surface area (Å²) in [6.07, 6.45) is -4.16. The first-order valence-electron chi connectivity index (χ1n) is 33.4. The summed E-state index contributed by atoms with van der Waals surface area (Å²) in [5.74, 6) is -17.7. The zero-order valence-corrected chi connectivity index (χ0v) is 58.8. The number of fused-ring (bicyclic) bond motifs is 11. The normalized spacial score (nSPS) is 21.3. The number of phenols is 2. The van der Waals surface area contributed by atoms with Gasteiger partial charge < -0.3 is 82.7 Å². The van der Waals surface area contributed by atoms with Crippen molar-refractivity contribution < 1.29 is 106 Å². The van der Waals surface area contributed by atoms with Gasteiger partial charge in [0.2, 0.25) is 35.4 Å². The fraction of sp³-hybridized carbons (Fsp3) is 0.443. The lowest BCUT2D eigenvalue weighted by atomic mass is 9.77. The van der Waals surface area contributed by atoms with Gasteiger partial charge in [-0.05, 0) is 61.6 Å². The fourth-order valence-corrected chi connectivity index (χ4v) is 15.3. The van der Waals surface area contributed by atoms with Crippen LogP contribution in [0.1, 0.15) is 114 Å². The molecule has 556 valence electrons. The molecule has 2 bridgehead atoms. The van der Waals surface area contributed by atoms with Crippen LogP contribution in [0.5, 0.6) is 23.0 Å². The number of guanidine groups is 1. The summed E-state index contributed by atoms with van der Waals surface area (Å²) in [6.45, 7) is -0.247. The molecule has 14 N–H and O–H groups in total. The average molecular weight is 1500 g/mol. The van der Waals surface area contributed by atoms with Crippen molar-refractivity contribution in [3.05, 3.63) is 118 Å². The van der Waals surface area contributed by atoms with Crippen molar-refractivity contribution in [2.75, 3.05) is 69.1 Å². The molecule has 0 aromatic heterocycles. The van der Waals surface area contributed by atoms with Crippen LogP contribution in [0.3, 0.4) is 0 Å². The van der Waals surface area contributed by atoms with E-state index in [0.717, 1.165) is 33.3 Å². The number of nitrogens with one attached hydrogen (secondary N) is 6. The molecular formula is C70H81N9O22S3. The predicted molar refractivity (Wildman–Crippen MR) is 377 cm³/mol. The van der Waals surface area contributed by atoms with E-state index in [9.17, 15) is 87.5 Å². The minimum atomic E-state index is -1.80. The van der Waals surface area contributed by atoms with Gasteiger partial charge in [-0.1, -0.05) is 64.1 Å². The number of carboxylic acid groups (broad SMARTS) is 2. The van der Waals surface area contributed by atoms with Crippen molar-refractivity contribution in [3.63, 3.8) is 0 Å². The SMILES string of the molecule is NC(N)=NCCC[C@@H]1CC(=O)[C@@H]2CSSC[C@H](NC(=O)[C@H](CC(=O)O)CC(=O)CNC1=O)C(=O)C[C@@H](Cc1ccccc1)C(=O)N[C@H](C(=O)CCC(=O)NCCOCCOCCCC(=O)c1ccc3c(c1)C(=O)OC31c3ccc(O)cc3Oc3cc(O)ccc31)CSCC(=O)N[C@@H](CC(=O)O)C(=O)N2. The molecule has 0 unspecified atom stereocenters. The first-order chi connectivity index (χ1) is 49.8. The molecule has 4 aromatic carbocycles. The molecule has 2 fully saturated rings. The Hall–Kier alpha value is -9.90. The molecule has 104 heavy (non-hydrogen) atoms. The third-order valence-electron chi connectivity index (χ3n) is 17.2. The Kier molecular flexibility index (Phi) is 29.6. The molecule has 0 saturated carbocycles. The summed E-state index contributed by atoms with van der Waals surface area (Å²) in [5.41, 5.74) is 11.8. The molecule has 4 aromatic rings. The van der Waals surface area contributed by atoms with Crippen molar-refractivity contribution in [2.45, 2.75) is 107 Å². The van der Waals surface area contributed by atoms with Gasteiger partial charge in [-0.2, -0.15) is 0 Å². The summed E-state index contributed by atoms with van der Waals surface area (Å²) in [4.78, 5) is 195. The second kappa shape index (κ2) is 38.6. The number of aliphatic carboxylic acids is 2. The summed E-state index contributed by atoms with van der Waals surface area (Å²) >= 11 is 0.795. The monoisotopic (exact) mass is 1500 g/mol. The number of aromatic hydroxyl groups is 2. The molecule has 2 saturated heterocycles. The molecule has 0 aliphatic carbocycles. The van der Waals surface area contributed by atoms with Gasteiger partial charge in [0.15, 0.2) is 40.5 Å². The van der Waals surface area contributed by atoms with Crippen LogP contribution in [-0.4, -0.2) is 202 Å². The Morgan fingerprint density at radius 2 is 1.26 bits per heavy atom. The Bertz CT molecular complexity index is 3880. The number of hydrogen-bond acceptors (Lipinski definition) is 24. The van der Waals surface area contributed by atoms with Crippen LogP contribution in [0, 0.1) is 17.8 Å². The summed E-state index contributed by atoms with van der Waals surface area (Å²) in [7, 11) is 1.83. The zero-order chi connectivity index (χ0) is 75.0. The van der Waals surface area contributed by atoms with E-state index >= 15 is 0 Å². The number of ether oxygens (including phenoxy) is 4. The minimum Gasteiger partial charge on any atom is -0.508 e. The second-order valence-electron chi connectivity index (χ2n) is 25.0. The van der Waals surface area contributed by atoms with E-state index in [2.05, 4.69) is 36.9 Å². The highest BCUT2D eigenvalue weighted by Crippen LogP contribution is 2.57. The molecule has 4 heterocycles. The highest BCUT2D eigenvalue weighted by Gasteiger charge is 2.54. The van der Waals surface area contributed by atoms with Crippen LogP contribution in [0.4, 0.5) is 0 Å². The van der Waals surface area contributed by atoms with Crippen molar-refractivity contribution in [3.8, 4) is 23.0 Å². The smallest absolute Gasteiger partial charge is 0.340 e. The average Bonchev–Trinajstić information content (AvgIpc) is 1.49. The van der Waals surface area contributed by atoms with Crippen LogP contribution in [0.2, 0.25) is 0 Å². The van der Waals surface area contributed by atoms with Crippen molar-refractivity contribution in [1.29, 1.82) is 0 Å². The van der Waals surface area contributed by atoms with Crippen LogP contribution >= 0.6 is 33.3 Å². The number of carbonyl (C=O) groups is 14. The Labute approximate surface area is 608 Å². The fourth-order valence-electron chi connectivity index (χ4n) is 12.0. The number of rotatable bonds is 25. The number of thioether (sulfide) groups is 1. The van der Waals surface area contributed by atoms with E-state index in [4.69, 9.17) is 30.4 Å². The third kappa shape index (κ3) is 22.8. The minimum absolute atomic E-state index is 0.00779. The van der Waals surface area contributed by atoms with E-state index in [1.54, 1.807) is 54.6 Å². The Morgan fingerprint density at radius 3 is 1.91 bits per heavy atom. The van der Waals surface area contributed by atoms with Crippen LogP contribution in [0.25, 0.3) is 0 Å². The van der Waals surface area contributed by atoms with Crippen LogP contribution < -0.4 is 48.1 Å². The zero-order valence-electron chi connectivity index (χ0n) is 56.4. The van der Waals surface area contributed by atoms with Crippen molar-refractivity contribution in [1.82, 2.24) is 31.9 Å². The van der Waals surface area contributed by atoms with E-state index < -0.39 is 175 Å². The topological polar surface area (TPSA) is 493 Å². The number of esters is 1. The summed E-state index contributed by atoms with van der Waals surface area (Å²) < 4.78 is 23.4. The number of Topliss-reactive ketones (excluding diaryl/α,β-unsaturated/α-hetero) is 5. The number of benzene rings is 4. The molecule has 7 atom stereocenters. The number of ketones is 5. The van der Waals surface area contributed by atoms with Gasteiger partial charge >= 0.3 is 17.9 Å². The van der Waals surface area contributed by atoms with Gasteiger partial charge in [-0.25, -0.2) is 4.79 Å². The molecular weight excluding hydrogens is 1420 g/mol. The number of nitrogens with zero attached hydrogens (tertiary/aromatic N) is 1. The molecule has 8 rings (SSSR count). The number of phenolic OH excluding ortho intramolecular Hbond substituents is 2. The second-order valence-corrected chi connectivity index (χ2v) is 28.6. The Balaban J connectivity index is 0.887. The number of carbonyl (C=O) groups excluding carboxylic acids is 12. The molecule has 4 aliphatic heterocycles. The Morgan fingerprint density at radius 1 is 0.635 bits per heavy atom. The van der Waals surface area contributed by atoms with Crippen LogP contribution in [-0.2, 0) is 83.8 Å². The number of nitrogens with two attached hydrogens (primary N) is 2. The van der Waals surface area contributed by atoms with E-state index in [1.165, 1.54) is 30.3 Å². The third-order valence-corrected chi connectivity index (χ3v) is 20.7. The molecule has 4 aliphatic rings. The number of hydrogen-bond donors (Lipinski definition) is 12. The van der Waals surface area contributed by atoms with Gasteiger partial charge in [-0.3, -0.25) is 67.3 Å². The molecule has 34 heteroatoms. The first kappa shape index (κ1) is 79.8. The molecule has 0 radical (unpaired) electrons. The van der Waals surface area contributed by atoms with Crippen LogP contribution in [0.15, 0.2) is 89.9 Å². The maximum Gasteiger partial charge on any atom is 0.340 e. The number of aliphatic imine (C=N–C) groups is 1. The largest absolute Gasteiger partial charge is 0.508 e. The standard InChI is InChI=1S/C70H81N9O22S3/c71-69(72)74-18-4-8-40-27-56(85)53-36-104-103-35-52(78-66(95)42(29-62(89)90)25-45(82)33-75-64(40)93)57(86)28-41(24-38-6-2-1-3-7-38)65(94)77-51(34-102-37-61(88)76-50(32-63(91)92)67(96)79-53)55(84)16-17-60(87)73-19-21-99-23-22-98-20-5-9-54(83)39-10-13-47-46(26-39)68(97)101-70(47)48-14-11-43(80)30-58(48)100-59-31-44(81)12-15-49(59)70/h1-3,6-7,10-15,26,30-31,40-42,50-53,80-81H,4-5,8-9,16-25,27-29,32-37H2,(H,73,87)(H,75,93)(H,76,88)(H,77,94)(H,78,95)(H,79,96)(H,89,90)(H,91,92)(H4,71,72,74)/t40-,41-,42+,50+,51+,52+,53+/m1/s1. The van der Waals surface area contributed by atoms with Crippen molar-refractivity contribution in [2.24, 2.45) is 34.2 Å². The highest BCUT2D eigenvalue weighted by atomic mass is 33.1. The van der Waals surface area contributed by atoms with E-state index in [0.29, 0.717) is 28.7 Å². The van der Waals surface area contributed by atoms with Gasteiger partial charge in [0.25, 0.3) is 0 Å². The van der Waals surface area contributed by atoms with Crippen molar-refractivity contribution >= 4 is 122 Å². The number of amides is 6. The van der Waals surface area contributed by atoms with E-state index in [-0.39, 0.29) is 135 Å². The highest BCUT2D eigenvalue weighted by molar-refractivity contribution is 8.76. The lowest BCUT2D eigenvalue weighted by molar-refractivity contribution is -0.142. The van der Waals surface area contributed by atoms with Gasteiger partial charge in [0, 0.05) is 122 Å². The predicted octanol–water partition coefficient (Wildman–Crippen LogP) is 2.30. The molecule has 1 spiro atoms. The summed E-state index contributed by atoms with van der Waals surface area (Å²) in [6, 6.07) is 15.7. The lowest BCUT2D eigenvalue weighted by Gasteiger charge is -2.36. The quantitative estimate of drug-likeness (QED) is 0.0113. The summed E-state index contributed by atoms with van der Waals surface area (Å²) in [5, 5.41) is 55.5. The first-order valence-corrected chi connectivity index (χ1v) is 37.0. The maximum absolute atomic E-state index is 14.7.